The van der Waals surface area contributed by atoms with Crippen LogP contribution < -0.4 is 5.32 Å². The van der Waals surface area contributed by atoms with Gasteiger partial charge in [-0.3, -0.25) is 4.79 Å². The molecule has 0 aliphatic heterocycles. The monoisotopic (exact) mass is 262 g/mol. The fourth-order valence-corrected chi connectivity index (χ4v) is 2.30. The molecular weight excluding hydrogens is 248 g/mol. The Kier molecular flexibility index (Phi) is 3.43. The number of hydrogen-bond acceptors (Lipinski definition) is 1. The van der Waals surface area contributed by atoms with Crippen molar-refractivity contribution in [3.63, 3.8) is 0 Å². The molecule has 0 unspecified atom stereocenters. The number of aryl methyl sites for hydroxylation is 2. The first-order chi connectivity index (χ1) is 8.54. The van der Waals surface area contributed by atoms with Crippen LogP contribution in [-0.2, 0) is 0 Å². The SMILES string of the molecule is CNC(=O)c1ccc(-n2c(C)ccc2C)cc1Cl. The molecule has 0 fully saturated rings. The lowest BCUT2D eigenvalue weighted by atomic mass is 10.2. The van der Waals surface area contributed by atoms with E-state index in [0.717, 1.165) is 17.1 Å². The average Bonchev–Trinajstić information content (AvgIpc) is 2.68. The van der Waals surface area contributed by atoms with Gasteiger partial charge in [-0.25, -0.2) is 0 Å². The fourth-order valence-electron chi connectivity index (χ4n) is 2.04. The molecule has 3 nitrogen and oxygen atoms in total. The Labute approximate surface area is 111 Å². The molecule has 18 heavy (non-hydrogen) atoms. The summed E-state index contributed by atoms with van der Waals surface area (Å²) in [6.07, 6.45) is 0. The highest BCUT2D eigenvalue weighted by molar-refractivity contribution is 6.34. The number of nitrogens with one attached hydrogen (secondary N) is 1. The number of carbonyl (C=O) groups excluding carboxylic acids is 1. The molecule has 2 rings (SSSR count). The van der Waals surface area contributed by atoms with E-state index >= 15 is 0 Å². The molecule has 0 aliphatic rings. The zero-order chi connectivity index (χ0) is 13.3. The van der Waals surface area contributed by atoms with E-state index in [1.807, 2.05) is 26.0 Å². The van der Waals surface area contributed by atoms with E-state index in [1.54, 1.807) is 13.1 Å². The van der Waals surface area contributed by atoms with Crippen molar-refractivity contribution >= 4 is 17.5 Å². The van der Waals surface area contributed by atoms with Crippen LogP contribution in [-0.4, -0.2) is 17.5 Å². The zero-order valence-electron chi connectivity index (χ0n) is 10.6. The maximum Gasteiger partial charge on any atom is 0.252 e. The first-order valence-electron chi connectivity index (χ1n) is 5.71. The summed E-state index contributed by atoms with van der Waals surface area (Å²) >= 11 is 6.15. The molecule has 4 heteroatoms. The van der Waals surface area contributed by atoms with E-state index < -0.39 is 0 Å². The second-order valence-electron chi connectivity index (χ2n) is 4.19. The molecule has 0 saturated heterocycles. The molecule has 1 aromatic carbocycles. The molecular formula is C14H15ClN2O. The predicted molar refractivity (Wildman–Crippen MR) is 73.6 cm³/mol. The Bertz CT molecular complexity index is 582. The van der Waals surface area contributed by atoms with E-state index in [2.05, 4.69) is 22.0 Å². The van der Waals surface area contributed by atoms with Gasteiger partial charge in [0.05, 0.1) is 10.6 Å². The van der Waals surface area contributed by atoms with Crippen LogP contribution in [0.1, 0.15) is 21.7 Å². The minimum absolute atomic E-state index is 0.174. The van der Waals surface area contributed by atoms with Crippen molar-refractivity contribution in [3.8, 4) is 5.69 Å². The van der Waals surface area contributed by atoms with Gasteiger partial charge in [0.2, 0.25) is 0 Å². The summed E-state index contributed by atoms with van der Waals surface area (Å²) in [5.41, 5.74) is 3.73. The second-order valence-corrected chi connectivity index (χ2v) is 4.60. The molecule has 1 aromatic heterocycles. The summed E-state index contributed by atoms with van der Waals surface area (Å²) in [4.78, 5) is 11.6. The van der Waals surface area contributed by atoms with E-state index in [0.29, 0.717) is 10.6 Å². The van der Waals surface area contributed by atoms with E-state index in [4.69, 9.17) is 11.6 Å². The second kappa shape index (κ2) is 4.86. The Morgan fingerprint density at radius 1 is 1.17 bits per heavy atom. The summed E-state index contributed by atoms with van der Waals surface area (Å²) in [6.45, 7) is 4.07. The Hall–Kier alpha value is -1.74. The van der Waals surface area contributed by atoms with Crippen LogP contribution in [0.15, 0.2) is 30.3 Å². The number of halogens is 1. The van der Waals surface area contributed by atoms with Crippen LogP contribution in [0.25, 0.3) is 5.69 Å². The summed E-state index contributed by atoms with van der Waals surface area (Å²) in [5.74, 6) is -0.174. The third-order valence-corrected chi connectivity index (χ3v) is 3.27. The van der Waals surface area contributed by atoms with Gasteiger partial charge in [0, 0.05) is 24.1 Å². The van der Waals surface area contributed by atoms with Crippen molar-refractivity contribution in [2.75, 3.05) is 7.05 Å². The molecule has 0 spiro atoms. The standard InChI is InChI=1S/C14H15ClN2O/c1-9-4-5-10(2)17(9)11-6-7-12(13(15)8-11)14(18)16-3/h4-8H,1-3H3,(H,16,18). The van der Waals surface area contributed by atoms with Gasteiger partial charge in [0.15, 0.2) is 0 Å². The number of nitrogens with zero attached hydrogens (tertiary/aromatic N) is 1. The average molecular weight is 263 g/mol. The van der Waals surface area contributed by atoms with Crippen LogP contribution in [0.3, 0.4) is 0 Å². The fraction of sp³-hybridized carbons (Fsp3) is 0.214. The third kappa shape index (κ3) is 2.14. The summed E-state index contributed by atoms with van der Waals surface area (Å²) in [6, 6.07) is 9.56. The quantitative estimate of drug-likeness (QED) is 0.887. The molecule has 0 bridgehead atoms. The number of amides is 1. The van der Waals surface area contributed by atoms with Crippen molar-refractivity contribution < 1.29 is 4.79 Å². The summed E-state index contributed by atoms with van der Waals surface area (Å²) in [5, 5.41) is 3.03. The molecule has 0 saturated carbocycles. The maximum atomic E-state index is 11.6. The number of aromatic nitrogens is 1. The maximum absolute atomic E-state index is 11.6. The molecule has 0 aliphatic carbocycles. The minimum atomic E-state index is -0.174. The van der Waals surface area contributed by atoms with E-state index in [-0.39, 0.29) is 5.91 Å². The highest BCUT2D eigenvalue weighted by Gasteiger charge is 2.11. The van der Waals surface area contributed by atoms with Crippen LogP contribution in [0.4, 0.5) is 0 Å². The predicted octanol–water partition coefficient (Wildman–Crippen LogP) is 3.11. The van der Waals surface area contributed by atoms with Crippen molar-refractivity contribution in [3.05, 3.63) is 52.3 Å². The van der Waals surface area contributed by atoms with Gasteiger partial charge in [-0.1, -0.05) is 11.6 Å². The highest BCUT2D eigenvalue weighted by Crippen LogP contribution is 2.23. The smallest absolute Gasteiger partial charge is 0.252 e. The number of benzene rings is 1. The van der Waals surface area contributed by atoms with Crippen LogP contribution in [0, 0.1) is 13.8 Å². The van der Waals surface area contributed by atoms with Crippen molar-refractivity contribution in [1.29, 1.82) is 0 Å². The van der Waals surface area contributed by atoms with Crippen molar-refractivity contribution in [2.24, 2.45) is 0 Å². The normalized spacial score (nSPS) is 10.4. The van der Waals surface area contributed by atoms with Crippen LogP contribution in [0.2, 0.25) is 5.02 Å². The number of hydrogen-bond donors (Lipinski definition) is 1. The summed E-state index contributed by atoms with van der Waals surface area (Å²) in [7, 11) is 1.59. The molecule has 1 heterocycles. The lowest BCUT2D eigenvalue weighted by Crippen LogP contribution is -2.18. The van der Waals surface area contributed by atoms with Gasteiger partial charge in [-0.15, -0.1) is 0 Å². The van der Waals surface area contributed by atoms with Gasteiger partial charge in [-0.2, -0.15) is 0 Å². The molecule has 0 radical (unpaired) electrons. The first-order valence-corrected chi connectivity index (χ1v) is 6.09. The zero-order valence-corrected chi connectivity index (χ0v) is 11.4. The topological polar surface area (TPSA) is 34.0 Å². The van der Waals surface area contributed by atoms with Gasteiger partial charge in [0.1, 0.15) is 0 Å². The van der Waals surface area contributed by atoms with Gasteiger partial charge < -0.3 is 9.88 Å². The van der Waals surface area contributed by atoms with Gasteiger partial charge in [0.25, 0.3) is 5.91 Å². The Morgan fingerprint density at radius 3 is 2.28 bits per heavy atom. The third-order valence-electron chi connectivity index (χ3n) is 2.95. The van der Waals surface area contributed by atoms with Crippen molar-refractivity contribution in [2.45, 2.75) is 13.8 Å². The number of rotatable bonds is 2. The molecule has 1 amide bonds. The molecule has 2 aromatic rings. The number of carbonyl (C=O) groups is 1. The molecule has 1 N–H and O–H groups in total. The van der Waals surface area contributed by atoms with Crippen molar-refractivity contribution in [1.82, 2.24) is 9.88 Å². The largest absolute Gasteiger partial charge is 0.355 e. The first kappa shape index (κ1) is 12.7. The Balaban J connectivity index is 2.50. The minimum Gasteiger partial charge on any atom is -0.355 e. The molecule has 94 valence electrons. The van der Waals surface area contributed by atoms with E-state index in [9.17, 15) is 4.79 Å². The van der Waals surface area contributed by atoms with E-state index in [1.165, 1.54) is 0 Å². The molecule has 0 atom stereocenters. The summed E-state index contributed by atoms with van der Waals surface area (Å²) < 4.78 is 2.10. The van der Waals surface area contributed by atoms with Gasteiger partial charge in [-0.05, 0) is 44.2 Å². The lowest BCUT2D eigenvalue weighted by Gasteiger charge is -2.11. The lowest BCUT2D eigenvalue weighted by molar-refractivity contribution is 0.0963. The highest BCUT2D eigenvalue weighted by atomic mass is 35.5. The van der Waals surface area contributed by atoms with Crippen LogP contribution in [0.5, 0.6) is 0 Å². The van der Waals surface area contributed by atoms with Gasteiger partial charge >= 0.3 is 0 Å². The Morgan fingerprint density at radius 2 is 1.78 bits per heavy atom. The van der Waals surface area contributed by atoms with Crippen LogP contribution >= 0.6 is 11.6 Å².